The van der Waals surface area contributed by atoms with Gasteiger partial charge >= 0.3 is 6.03 Å². The number of rotatable bonds is 1. The first kappa shape index (κ1) is 12.0. The number of imidazole rings is 1. The molecule has 0 saturated heterocycles. The molecule has 1 amide bonds. The molecule has 7 heteroatoms. The van der Waals surface area contributed by atoms with E-state index in [0.717, 1.165) is 5.56 Å². The maximum Gasteiger partial charge on any atom is 0.350 e. The fourth-order valence-corrected chi connectivity index (χ4v) is 2.07. The summed E-state index contributed by atoms with van der Waals surface area (Å²) in [7, 11) is 0. The number of hydrogen-bond donors (Lipinski definition) is 0. The minimum absolute atomic E-state index is 0.245. The Morgan fingerprint density at radius 3 is 3.05 bits per heavy atom. The van der Waals surface area contributed by atoms with Crippen molar-refractivity contribution in [3.05, 3.63) is 48.3 Å². The third-order valence-corrected chi connectivity index (χ3v) is 3.02. The van der Waals surface area contributed by atoms with Gasteiger partial charge in [0.1, 0.15) is 12.4 Å². The van der Waals surface area contributed by atoms with Crippen LogP contribution in [0.15, 0.2) is 42.3 Å². The summed E-state index contributed by atoms with van der Waals surface area (Å²) in [6.45, 7) is 0. The Morgan fingerprint density at radius 2 is 2.30 bits per heavy atom. The average molecular weight is 266 g/mol. The second-order valence-corrected chi connectivity index (χ2v) is 4.27. The summed E-state index contributed by atoms with van der Waals surface area (Å²) >= 11 is 0. The highest BCUT2D eigenvalue weighted by atomic mass is 16.2. The molecule has 0 saturated carbocycles. The molecule has 1 unspecified atom stereocenters. The van der Waals surface area contributed by atoms with Crippen LogP contribution >= 0.6 is 0 Å². The molecule has 0 N–H and O–H groups in total. The van der Waals surface area contributed by atoms with E-state index in [2.05, 4.69) is 15.1 Å². The number of nitriles is 1. The van der Waals surface area contributed by atoms with Crippen LogP contribution in [0.2, 0.25) is 0 Å². The third kappa shape index (κ3) is 2.03. The molecule has 1 atom stereocenters. The van der Waals surface area contributed by atoms with Crippen molar-refractivity contribution in [3.63, 3.8) is 0 Å². The molecule has 7 nitrogen and oxygen atoms in total. The minimum atomic E-state index is -0.288. The van der Waals surface area contributed by atoms with Crippen molar-refractivity contribution in [2.45, 2.75) is 12.5 Å². The molecule has 1 aliphatic heterocycles. The van der Waals surface area contributed by atoms with Crippen LogP contribution in [0.1, 0.15) is 23.6 Å². The summed E-state index contributed by atoms with van der Waals surface area (Å²) in [6.07, 6.45) is 9.93. The number of pyridine rings is 1. The van der Waals surface area contributed by atoms with Crippen molar-refractivity contribution in [1.82, 2.24) is 19.5 Å². The van der Waals surface area contributed by atoms with Crippen molar-refractivity contribution in [3.8, 4) is 6.07 Å². The van der Waals surface area contributed by atoms with Crippen LogP contribution in [0.3, 0.4) is 0 Å². The van der Waals surface area contributed by atoms with E-state index in [0.29, 0.717) is 12.0 Å². The van der Waals surface area contributed by atoms with Gasteiger partial charge in [-0.1, -0.05) is 0 Å². The smallest absolute Gasteiger partial charge is 0.263 e. The van der Waals surface area contributed by atoms with E-state index in [9.17, 15) is 4.79 Å². The normalized spacial score (nSPS) is 17.1. The first-order chi connectivity index (χ1) is 9.79. The van der Waals surface area contributed by atoms with Gasteiger partial charge in [0.15, 0.2) is 0 Å². The van der Waals surface area contributed by atoms with E-state index in [1.807, 2.05) is 6.07 Å². The van der Waals surface area contributed by atoms with Gasteiger partial charge in [0, 0.05) is 37.4 Å². The van der Waals surface area contributed by atoms with Crippen LogP contribution in [0, 0.1) is 11.3 Å². The molecule has 0 fully saturated rings. The largest absolute Gasteiger partial charge is 0.350 e. The predicted octanol–water partition coefficient (Wildman–Crippen LogP) is 1.55. The van der Waals surface area contributed by atoms with Crippen LogP contribution in [-0.2, 0) is 0 Å². The van der Waals surface area contributed by atoms with Gasteiger partial charge in [0.2, 0.25) is 0 Å². The fourth-order valence-electron chi connectivity index (χ4n) is 2.07. The fraction of sp³-hybridized carbons (Fsp3) is 0.154. The highest BCUT2D eigenvalue weighted by Gasteiger charge is 2.29. The van der Waals surface area contributed by atoms with E-state index >= 15 is 0 Å². The molecule has 0 bridgehead atoms. The zero-order chi connectivity index (χ0) is 13.9. The lowest BCUT2D eigenvalue weighted by atomic mass is 10.1. The first-order valence-electron chi connectivity index (χ1n) is 5.98. The molecule has 3 heterocycles. The molecule has 0 spiro atoms. The first-order valence-corrected chi connectivity index (χ1v) is 5.98. The minimum Gasteiger partial charge on any atom is -0.263 e. The van der Waals surface area contributed by atoms with Gasteiger partial charge in [-0.25, -0.2) is 14.8 Å². The molecule has 20 heavy (non-hydrogen) atoms. The van der Waals surface area contributed by atoms with Crippen molar-refractivity contribution in [1.29, 1.82) is 5.26 Å². The predicted molar refractivity (Wildman–Crippen MR) is 69.7 cm³/mol. The van der Waals surface area contributed by atoms with Gasteiger partial charge in [-0.15, -0.1) is 0 Å². The lowest BCUT2D eigenvalue weighted by Crippen LogP contribution is -2.30. The van der Waals surface area contributed by atoms with Crippen molar-refractivity contribution < 1.29 is 4.79 Å². The summed E-state index contributed by atoms with van der Waals surface area (Å²) < 4.78 is 1.36. The summed E-state index contributed by atoms with van der Waals surface area (Å²) in [5.41, 5.74) is 1.25. The number of hydrogen-bond acceptors (Lipinski definition) is 5. The Morgan fingerprint density at radius 1 is 1.40 bits per heavy atom. The maximum absolute atomic E-state index is 12.3. The maximum atomic E-state index is 12.3. The van der Waals surface area contributed by atoms with Crippen molar-refractivity contribution >= 4 is 12.2 Å². The van der Waals surface area contributed by atoms with E-state index in [4.69, 9.17) is 5.26 Å². The van der Waals surface area contributed by atoms with Gasteiger partial charge in [-0.3, -0.25) is 9.55 Å². The lowest BCUT2D eigenvalue weighted by Gasteiger charge is -2.21. The van der Waals surface area contributed by atoms with E-state index in [1.54, 1.807) is 24.7 Å². The Bertz CT molecular complexity index is 700. The second kappa shape index (κ2) is 4.93. The second-order valence-electron chi connectivity index (χ2n) is 4.27. The SMILES string of the molecule is N#Cc1cncc(C2CC=NN2C(=O)n2ccnc2)c1. The Balaban J connectivity index is 1.90. The molecule has 2 aromatic rings. The average Bonchev–Trinajstić information content (AvgIpc) is 3.17. The van der Waals surface area contributed by atoms with Gasteiger partial charge in [-0.2, -0.15) is 10.4 Å². The monoisotopic (exact) mass is 266 g/mol. The quantitative estimate of drug-likeness (QED) is 0.783. The highest BCUT2D eigenvalue weighted by Crippen LogP contribution is 2.28. The van der Waals surface area contributed by atoms with Crippen LogP contribution < -0.4 is 0 Å². The van der Waals surface area contributed by atoms with Crippen LogP contribution in [0.4, 0.5) is 4.79 Å². The summed E-state index contributed by atoms with van der Waals surface area (Å²) in [4.78, 5) is 20.2. The zero-order valence-electron chi connectivity index (χ0n) is 10.4. The Labute approximate surface area is 114 Å². The number of aromatic nitrogens is 3. The van der Waals surface area contributed by atoms with E-state index < -0.39 is 0 Å². The third-order valence-electron chi connectivity index (χ3n) is 3.02. The standard InChI is InChI=1S/C13H10N6O/c14-6-10-5-11(8-16-7-10)12-1-2-17-19(12)13(20)18-4-3-15-9-18/h2-5,7-9,12H,1H2. The Hall–Kier alpha value is -3.01. The molecule has 98 valence electrons. The van der Waals surface area contributed by atoms with Gasteiger partial charge in [0.25, 0.3) is 0 Å². The van der Waals surface area contributed by atoms with Gasteiger partial charge in [0.05, 0.1) is 11.6 Å². The van der Waals surface area contributed by atoms with E-state index in [1.165, 1.54) is 28.3 Å². The molecule has 2 aromatic heterocycles. The number of amides is 1. The summed E-state index contributed by atoms with van der Waals surface area (Å²) in [5, 5.41) is 14.4. The molecular formula is C13H10N6O. The molecule has 3 rings (SSSR count). The number of carbonyl (C=O) groups excluding carboxylic acids is 1. The molecule has 0 radical (unpaired) electrons. The lowest BCUT2D eigenvalue weighted by molar-refractivity contribution is 0.187. The van der Waals surface area contributed by atoms with Crippen LogP contribution in [0.5, 0.6) is 0 Å². The van der Waals surface area contributed by atoms with Crippen molar-refractivity contribution in [2.24, 2.45) is 5.10 Å². The summed E-state index contributed by atoms with van der Waals surface area (Å²) in [5.74, 6) is 0. The molecule has 0 aliphatic carbocycles. The molecule has 1 aliphatic rings. The van der Waals surface area contributed by atoms with E-state index in [-0.39, 0.29) is 12.1 Å². The summed E-state index contributed by atoms with van der Waals surface area (Å²) in [6, 6.07) is 3.23. The number of carbonyl (C=O) groups is 1. The molecule has 0 aromatic carbocycles. The van der Waals surface area contributed by atoms with Crippen molar-refractivity contribution in [2.75, 3.05) is 0 Å². The highest BCUT2D eigenvalue weighted by molar-refractivity contribution is 5.80. The van der Waals surface area contributed by atoms with Gasteiger partial charge < -0.3 is 0 Å². The molecular weight excluding hydrogens is 256 g/mol. The topological polar surface area (TPSA) is 87.2 Å². The van der Waals surface area contributed by atoms with Crippen LogP contribution in [-0.4, -0.2) is 31.8 Å². The van der Waals surface area contributed by atoms with Gasteiger partial charge in [-0.05, 0) is 11.6 Å². The Kier molecular flexibility index (Phi) is 2.97. The van der Waals surface area contributed by atoms with Crippen LogP contribution in [0.25, 0.3) is 0 Å². The number of hydrazone groups is 1. The number of nitrogens with zero attached hydrogens (tertiary/aromatic N) is 6. The zero-order valence-corrected chi connectivity index (χ0v) is 10.4.